The van der Waals surface area contributed by atoms with Gasteiger partial charge in [0.2, 0.25) is 0 Å². The summed E-state index contributed by atoms with van der Waals surface area (Å²) in [5.74, 6) is 0.334. The maximum absolute atomic E-state index is 10.7. The molecule has 98 valence electrons. The molecule has 2 aromatic rings. The molecule has 0 fully saturated rings. The standard InChI is InChI=1S/C14H13NO4/c16-9-12-6-7-13(15(17)18)8-14(12)19-10-11-4-2-1-3-5-11/h1-8,16H,9-10H2. The number of hydrogen-bond donors (Lipinski definition) is 1. The molecule has 0 saturated heterocycles. The summed E-state index contributed by atoms with van der Waals surface area (Å²) in [5, 5.41) is 19.9. The van der Waals surface area contributed by atoms with Crippen molar-refractivity contribution in [2.24, 2.45) is 0 Å². The number of rotatable bonds is 5. The molecule has 0 amide bonds. The number of hydrogen-bond acceptors (Lipinski definition) is 4. The van der Waals surface area contributed by atoms with E-state index in [0.29, 0.717) is 17.9 Å². The lowest BCUT2D eigenvalue weighted by atomic mass is 10.2. The first-order chi connectivity index (χ1) is 9.20. The maximum atomic E-state index is 10.7. The fraction of sp³-hybridized carbons (Fsp3) is 0.143. The first kappa shape index (κ1) is 13.0. The van der Waals surface area contributed by atoms with Crippen LogP contribution < -0.4 is 4.74 Å². The van der Waals surface area contributed by atoms with Gasteiger partial charge in [-0.05, 0) is 11.6 Å². The van der Waals surface area contributed by atoms with Crippen LogP contribution in [0, 0.1) is 10.1 Å². The van der Waals surface area contributed by atoms with Gasteiger partial charge in [-0.2, -0.15) is 0 Å². The largest absolute Gasteiger partial charge is 0.488 e. The van der Waals surface area contributed by atoms with E-state index in [1.54, 1.807) is 0 Å². The molecule has 0 aliphatic heterocycles. The number of benzene rings is 2. The van der Waals surface area contributed by atoms with Gasteiger partial charge < -0.3 is 9.84 Å². The number of nitrogens with zero attached hydrogens (tertiary/aromatic N) is 1. The molecule has 0 spiro atoms. The van der Waals surface area contributed by atoms with E-state index >= 15 is 0 Å². The molecule has 0 aromatic heterocycles. The number of non-ortho nitro benzene ring substituents is 1. The summed E-state index contributed by atoms with van der Waals surface area (Å²) in [6.07, 6.45) is 0. The van der Waals surface area contributed by atoms with E-state index in [2.05, 4.69) is 0 Å². The summed E-state index contributed by atoms with van der Waals surface area (Å²) < 4.78 is 5.54. The van der Waals surface area contributed by atoms with E-state index < -0.39 is 4.92 Å². The van der Waals surface area contributed by atoms with E-state index in [0.717, 1.165) is 5.56 Å². The van der Waals surface area contributed by atoms with Crippen LogP contribution in [0.15, 0.2) is 48.5 Å². The van der Waals surface area contributed by atoms with E-state index in [1.807, 2.05) is 30.3 Å². The number of aliphatic hydroxyl groups is 1. The van der Waals surface area contributed by atoms with E-state index in [1.165, 1.54) is 18.2 Å². The van der Waals surface area contributed by atoms with Crippen molar-refractivity contribution in [2.75, 3.05) is 0 Å². The zero-order valence-corrected chi connectivity index (χ0v) is 10.2. The van der Waals surface area contributed by atoms with E-state index in [-0.39, 0.29) is 12.3 Å². The normalized spacial score (nSPS) is 10.2. The highest BCUT2D eigenvalue weighted by Gasteiger charge is 2.11. The second-order valence-corrected chi connectivity index (χ2v) is 3.98. The fourth-order valence-corrected chi connectivity index (χ4v) is 1.66. The number of ether oxygens (including phenoxy) is 1. The molecule has 5 nitrogen and oxygen atoms in total. The Morgan fingerprint density at radius 1 is 1.16 bits per heavy atom. The van der Waals surface area contributed by atoms with Gasteiger partial charge in [0.05, 0.1) is 17.6 Å². The van der Waals surface area contributed by atoms with Gasteiger partial charge in [0, 0.05) is 11.6 Å². The summed E-state index contributed by atoms with van der Waals surface area (Å²) >= 11 is 0. The first-order valence-corrected chi connectivity index (χ1v) is 5.75. The first-order valence-electron chi connectivity index (χ1n) is 5.75. The number of aliphatic hydroxyl groups excluding tert-OH is 1. The Bertz CT molecular complexity index is 569. The number of nitro benzene ring substituents is 1. The Morgan fingerprint density at radius 2 is 1.89 bits per heavy atom. The Hall–Kier alpha value is -2.40. The lowest BCUT2D eigenvalue weighted by Crippen LogP contribution is -2.00. The second-order valence-electron chi connectivity index (χ2n) is 3.98. The summed E-state index contributed by atoms with van der Waals surface area (Å²) in [7, 11) is 0. The van der Waals surface area contributed by atoms with Crippen LogP contribution >= 0.6 is 0 Å². The van der Waals surface area contributed by atoms with Crippen molar-refractivity contribution in [1.29, 1.82) is 0 Å². The molecule has 0 aliphatic rings. The highest BCUT2D eigenvalue weighted by molar-refractivity contribution is 5.44. The van der Waals surface area contributed by atoms with Gasteiger partial charge in [-0.15, -0.1) is 0 Å². The third-order valence-electron chi connectivity index (χ3n) is 2.67. The van der Waals surface area contributed by atoms with Crippen molar-refractivity contribution in [3.8, 4) is 5.75 Å². The molecule has 2 rings (SSSR count). The zero-order chi connectivity index (χ0) is 13.7. The van der Waals surface area contributed by atoms with Gasteiger partial charge in [-0.3, -0.25) is 10.1 Å². The lowest BCUT2D eigenvalue weighted by Gasteiger charge is -2.10. The van der Waals surface area contributed by atoms with Crippen molar-refractivity contribution in [2.45, 2.75) is 13.2 Å². The van der Waals surface area contributed by atoms with Crippen LogP contribution in [0.2, 0.25) is 0 Å². The van der Waals surface area contributed by atoms with Crippen molar-refractivity contribution in [3.63, 3.8) is 0 Å². The van der Waals surface area contributed by atoms with Gasteiger partial charge in [0.25, 0.3) is 5.69 Å². The van der Waals surface area contributed by atoms with Crippen LogP contribution in [0.25, 0.3) is 0 Å². The second kappa shape index (κ2) is 5.97. The predicted molar refractivity (Wildman–Crippen MR) is 69.8 cm³/mol. The molecule has 1 N–H and O–H groups in total. The summed E-state index contributed by atoms with van der Waals surface area (Å²) in [6, 6.07) is 13.6. The number of nitro groups is 1. The Morgan fingerprint density at radius 3 is 2.53 bits per heavy atom. The quantitative estimate of drug-likeness (QED) is 0.661. The Kier molecular flexibility index (Phi) is 4.10. The van der Waals surface area contributed by atoms with Gasteiger partial charge in [0.1, 0.15) is 12.4 Å². The monoisotopic (exact) mass is 259 g/mol. The highest BCUT2D eigenvalue weighted by Crippen LogP contribution is 2.25. The van der Waals surface area contributed by atoms with Crippen LogP contribution in [0.3, 0.4) is 0 Å². The lowest BCUT2D eigenvalue weighted by molar-refractivity contribution is -0.385. The third-order valence-corrected chi connectivity index (χ3v) is 2.67. The van der Waals surface area contributed by atoms with Crippen LogP contribution in [0.4, 0.5) is 5.69 Å². The smallest absolute Gasteiger partial charge is 0.273 e. The SMILES string of the molecule is O=[N+]([O-])c1ccc(CO)c(OCc2ccccc2)c1. The van der Waals surface area contributed by atoms with Crippen molar-refractivity contribution in [3.05, 3.63) is 69.8 Å². The molecule has 0 heterocycles. The highest BCUT2D eigenvalue weighted by atomic mass is 16.6. The Labute approximate surface area is 110 Å². The molecule has 5 heteroatoms. The van der Waals surface area contributed by atoms with Gasteiger partial charge >= 0.3 is 0 Å². The van der Waals surface area contributed by atoms with Crippen molar-refractivity contribution >= 4 is 5.69 Å². The molecule has 0 aliphatic carbocycles. The molecule has 19 heavy (non-hydrogen) atoms. The predicted octanol–water partition coefficient (Wildman–Crippen LogP) is 2.67. The minimum atomic E-state index is -0.490. The fourth-order valence-electron chi connectivity index (χ4n) is 1.66. The summed E-state index contributed by atoms with van der Waals surface area (Å²) in [6.45, 7) is 0.0805. The van der Waals surface area contributed by atoms with E-state index in [4.69, 9.17) is 4.74 Å². The van der Waals surface area contributed by atoms with Gasteiger partial charge in [-0.25, -0.2) is 0 Å². The molecule has 0 unspecified atom stereocenters. The molecule has 2 aromatic carbocycles. The minimum Gasteiger partial charge on any atom is -0.488 e. The van der Waals surface area contributed by atoms with Crippen LogP contribution in [-0.2, 0) is 13.2 Å². The molecular weight excluding hydrogens is 246 g/mol. The zero-order valence-electron chi connectivity index (χ0n) is 10.2. The van der Waals surface area contributed by atoms with Crippen LogP contribution in [-0.4, -0.2) is 10.0 Å². The molecule has 0 atom stereocenters. The van der Waals surface area contributed by atoms with Crippen LogP contribution in [0.5, 0.6) is 5.75 Å². The third kappa shape index (κ3) is 3.29. The van der Waals surface area contributed by atoms with Crippen molar-refractivity contribution in [1.82, 2.24) is 0 Å². The van der Waals surface area contributed by atoms with Crippen LogP contribution in [0.1, 0.15) is 11.1 Å². The molecule has 0 radical (unpaired) electrons. The van der Waals surface area contributed by atoms with E-state index in [9.17, 15) is 15.2 Å². The maximum Gasteiger partial charge on any atom is 0.273 e. The summed E-state index contributed by atoms with van der Waals surface area (Å²) in [5.41, 5.74) is 1.43. The molecule has 0 bridgehead atoms. The summed E-state index contributed by atoms with van der Waals surface area (Å²) in [4.78, 5) is 10.2. The Balaban J connectivity index is 2.18. The van der Waals surface area contributed by atoms with Gasteiger partial charge in [0.15, 0.2) is 0 Å². The molecular formula is C14H13NO4. The average Bonchev–Trinajstić information content (AvgIpc) is 2.45. The average molecular weight is 259 g/mol. The minimum absolute atomic E-state index is 0.0553. The topological polar surface area (TPSA) is 72.6 Å². The van der Waals surface area contributed by atoms with Gasteiger partial charge in [-0.1, -0.05) is 30.3 Å². The molecule has 0 saturated carbocycles. The van der Waals surface area contributed by atoms with Crippen molar-refractivity contribution < 1.29 is 14.8 Å².